The molecule has 1 amide bonds. The van der Waals surface area contributed by atoms with Gasteiger partial charge in [-0.3, -0.25) is 9.20 Å². The van der Waals surface area contributed by atoms with E-state index in [1.165, 1.54) is 0 Å². The summed E-state index contributed by atoms with van der Waals surface area (Å²) in [5.74, 6) is 1.32. The number of hydrogen-bond acceptors (Lipinski definition) is 5. The molecule has 6 nitrogen and oxygen atoms in total. The standard InChI is InChI=1S/C21H17N3O3S/c25-20(22-15-6-8-18-19(10-15)27-13-26-18)9-7-16-12-28-21-23-17(11-24(16)21)14-4-2-1-3-5-14/h1-6,8,10-12H,7,9,13H2,(H,22,25). The quantitative estimate of drug-likeness (QED) is 0.549. The maximum atomic E-state index is 12.4. The van der Waals surface area contributed by atoms with Gasteiger partial charge in [-0.2, -0.15) is 0 Å². The fourth-order valence-corrected chi connectivity index (χ4v) is 4.10. The lowest BCUT2D eigenvalue weighted by molar-refractivity contribution is -0.116. The molecule has 0 saturated heterocycles. The lowest BCUT2D eigenvalue weighted by atomic mass is 10.2. The summed E-state index contributed by atoms with van der Waals surface area (Å²) < 4.78 is 12.7. The van der Waals surface area contributed by atoms with E-state index in [1.54, 1.807) is 23.5 Å². The second-order valence-corrected chi connectivity index (χ2v) is 7.32. The topological polar surface area (TPSA) is 64.9 Å². The first-order valence-corrected chi connectivity index (χ1v) is 9.85. The van der Waals surface area contributed by atoms with E-state index in [0.717, 1.165) is 21.9 Å². The van der Waals surface area contributed by atoms with Gasteiger partial charge in [-0.05, 0) is 18.6 Å². The second kappa shape index (κ2) is 7.01. The van der Waals surface area contributed by atoms with E-state index in [1.807, 2.05) is 42.6 Å². The Morgan fingerprint density at radius 1 is 1.14 bits per heavy atom. The molecular weight excluding hydrogens is 374 g/mol. The summed E-state index contributed by atoms with van der Waals surface area (Å²) in [6.45, 7) is 0.219. The van der Waals surface area contributed by atoms with E-state index >= 15 is 0 Å². The number of thiazole rings is 1. The van der Waals surface area contributed by atoms with Crippen molar-refractivity contribution >= 4 is 27.9 Å². The largest absolute Gasteiger partial charge is 0.454 e. The number of fused-ring (bicyclic) bond motifs is 2. The van der Waals surface area contributed by atoms with Crippen LogP contribution >= 0.6 is 11.3 Å². The minimum absolute atomic E-state index is 0.0402. The Labute approximate surface area is 165 Å². The molecule has 3 heterocycles. The Morgan fingerprint density at radius 3 is 2.89 bits per heavy atom. The maximum Gasteiger partial charge on any atom is 0.231 e. The van der Waals surface area contributed by atoms with Crippen LogP contribution in [0.15, 0.2) is 60.1 Å². The number of carbonyl (C=O) groups is 1. The van der Waals surface area contributed by atoms with Crippen LogP contribution in [0, 0.1) is 0 Å². The number of rotatable bonds is 5. The van der Waals surface area contributed by atoms with E-state index < -0.39 is 0 Å². The lowest BCUT2D eigenvalue weighted by Gasteiger charge is -2.06. The number of aromatic nitrogens is 2. The highest BCUT2D eigenvalue weighted by Crippen LogP contribution is 2.34. The highest BCUT2D eigenvalue weighted by atomic mass is 32.1. The number of nitrogens with zero attached hydrogens (tertiary/aromatic N) is 2. The van der Waals surface area contributed by atoms with Gasteiger partial charge in [-0.25, -0.2) is 4.98 Å². The van der Waals surface area contributed by atoms with Gasteiger partial charge in [0.2, 0.25) is 12.7 Å². The molecule has 0 radical (unpaired) electrons. The van der Waals surface area contributed by atoms with Crippen molar-refractivity contribution in [2.24, 2.45) is 0 Å². The molecule has 5 rings (SSSR count). The minimum Gasteiger partial charge on any atom is -0.454 e. The zero-order valence-electron chi connectivity index (χ0n) is 14.9. The third-order valence-electron chi connectivity index (χ3n) is 4.62. The van der Waals surface area contributed by atoms with E-state index in [9.17, 15) is 4.79 Å². The molecule has 2 aromatic heterocycles. The Balaban J connectivity index is 1.27. The van der Waals surface area contributed by atoms with E-state index in [4.69, 9.17) is 9.47 Å². The van der Waals surface area contributed by atoms with Gasteiger partial charge in [0.1, 0.15) is 0 Å². The van der Waals surface area contributed by atoms with Gasteiger partial charge < -0.3 is 14.8 Å². The summed E-state index contributed by atoms with van der Waals surface area (Å²) in [7, 11) is 0. The molecule has 0 saturated carbocycles. The van der Waals surface area contributed by atoms with Crippen LogP contribution in [-0.4, -0.2) is 22.1 Å². The molecule has 1 N–H and O–H groups in total. The minimum atomic E-state index is -0.0402. The number of carbonyl (C=O) groups excluding carboxylic acids is 1. The first-order chi connectivity index (χ1) is 13.8. The van der Waals surface area contributed by atoms with Crippen molar-refractivity contribution in [1.29, 1.82) is 0 Å². The monoisotopic (exact) mass is 391 g/mol. The average Bonchev–Trinajstić information content (AvgIpc) is 3.42. The summed E-state index contributed by atoms with van der Waals surface area (Å²) in [6, 6.07) is 15.5. The van der Waals surface area contributed by atoms with Gasteiger partial charge in [0.15, 0.2) is 16.5 Å². The predicted octanol–water partition coefficient (Wildman–Crippen LogP) is 4.36. The fourth-order valence-electron chi connectivity index (χ4n) is 3.20. The fraction of sp³-hybridized carbons (Fsp3) is 0.143. The summed E-state index contributed by atoms with van der Waals surface area (Å²) in [6.07, 6.45) is 3.06. The van der Waals surface area contributed by atoms with Crippen molar-refractivity contribution in [2.45, 2.75) is 12.8 Å². The molecule has 0 unspecified atom stereocenters. The molecule has 0 bridgehead atoms. The van der Waals surface area contributed by atoms with Crippen molar-refractivity contribution in [3.05, 3.63) is 65.8 Å². The highest BCUT2D eigenvalue weighted by Gasteiger charge is 2.15. The van der Waals surface area contributed by atoms with Gasteiger partial charge in [0, 0.05) is 41.0 Å². The van der Waals surface area contributed by atoms with Gasteiger partial charge in [0.05, 0.1) is 5.69 Å². The molecule has 4 aromatic rings. The Kier molecular flexibility index (Phi) is 4.21. The summed E-state index contributed by atoms with van der Waals surface area (Å²) >= 11 is 1.59. The van der Waals surface area contributed by atoms with Crippen molar-refractivity contribution < 1.29 is 14.3 Å². The van der Waals surface area contributed by atoms with Crippen LogP contribution in [-0.2, 0) is 11.2 Å². The number of benzene rings is 2. The van der Waals surface area contributed by atoms with Crippen LogP contribution in [0.3, 0.4) is 0 Å². The lowest BCUT2D eigenvalue weighted by Crippen LogP contribution is -2.12. The van der Waals surface area contributed by atoms with Gasteiger partial charge in [-0.15, -0.1) is 11.3 Å². The molecule has 1 aliphatic rings. The number of anilines is 1. The number of amides is 1. The number of ether oxygens (including phenoxy) is 2. The van der Waals surface area contributed by atoms with Gasteiger partial charge in [-0.1, -0.05) is 30.3 Å². The molecule has 7 heteroatoms. The van der Waals surface area contributed by atoms with Crippen LogP contribution < -0.4 is 14.8 Å². The molecule has 1 aliphatic heterocycles. The maximum absolute atomic E-state index is 12.4. The molecule has 28 heavy (non-hydrogen) atoms. The third-order valence-corrected chi connectivity index (χ3v) is 5.51. The van der Waals surface area contributed by atoms with E-state index in [2.05, 4.69) is 20.1 Å². The molecule has 140 valence electrons. The number of aryl methyl sites for hydroxylation is 1. The van der Waals surface area contributed by atoms with Crippen LogP contribution in [0.2, 0.25) is 0 Å². The normalized spacial score (nSPS) is 12.4. The molecular formula is C21H17N3O3S. The molecule has 0 aliphatic carbocycles. The summed E-state index contributed by atoms with van der Waals surface area (Å²) in [5, 5.41) is 4.98. The number of hydrogen-bond donors (Lipinski definition) is 1. The van der Waals surface area contributed by atoms with Crippen LogP contribution in [0.25, 0.3) is 16.2 Å². The SMILES string of the molecule is O=C(CCc1csc2nc(-c3ccccc3)cn12)Nc1ccc2c(c1)OCO2. The van der Waals surface area contributed by atoms with Crippen LogP contribution in [0.4, 0.5) is 5.69 Å². The zero-order chi connectivity index (χ0) is 18.9. The molecule has 0 atom stereocenters. The Bertz CT molecular complexity index is 1150. The van der Waals surface area contributed by atoms with Crippen molar-refractivity contribution in [3.63, 3.8) is 0 Å². The first kappa shape index (κ1) is 16.8. The van der Waals surface area contributed by atoms with E-state index in [0.29, 0.717) is 30.0 Å². The van der Waals surface area contributed by atoms with Crippen molar-refractivity contribution in [2.75, 3.05) is 12.1 Å². The third kappa shape index (κ3) is 3.20. The summed E-state index contributed by atoms with van der Waals surface area (Å²) in [4.78, 5) is 18.0. The number of nitrogens with one attached hydrogen (secondary N) is 1. The van der Waals surface area contributed by atoms with Crippen molar-refractivity contribution in [3.8, 4) is 22.8 Å². The van der Waals surface area contributed by atoms with Gasteiger partial charge in [0.25, 0.3) is 0 Å². The predicted molar refractivity (Wildman–Crippen MR) is 108 cm³/mol. The molecule has 2 aromatic carbocycles. The zero-order valence-corrected chi connectivity index (χ0v) is 15.7. The van der Waals surface area contributed by atoms with Crippen LogP contribution in [0.1, 0.15) is 12.1 Å². The Morgan fingerprint density at radius 2 is 2.00 bits per heavy atom. The summed E-state index contributed by atoms with van der Waals surface area (Å²) in [5.41, 5.74) is 3.82. The molecule has 0 fully saturated rings. The molecule has 0 spiro atoms. The Hall–Kier alpha value is -3.32. The first-order valence-electron chi connectivity index (χ1n) is 8.97. The van der Waals surface area contributed by atoms with Crippen molar-refractivity contribution in [1.82, 2.24) is 9.38 Å². The smallest absolute Gasteiger partial charge is 0.231 e. The highest BCUT2D eigenvalue weighted by molar-refractivity contribution is 7.15. The van der Waals surface area contributed by atoms with Gasteiger partial charge >= 0.3 is 0 Å². The van der Waals surface area contributed by atoms with Crippen LogP contribution in [0.5, 0.6) is 11.5 Å². The van der Waals surface area contributed by atoms with E-state index in [-0.39, 0.29) is 12.7 Å². The number of imidazole rings is 1. The average molecular weight is 391 g/mol. The second-order valence-electron chi connectivity index (χ2n) is 6.49.